The summed E-state index contributed by atoms with van der Waals surface area (Å²) in [5.41, 5.74) is -10.0. The summed E-state index contributed by atoms with van der Waals surface area (Å²) in [5.74, 6) is -27.1. The van der Waals surface area contributed by atoms with Gasteiger partial charge in [0.15, 0.2) is 52.1 Å². The van der Waals surface area contributed by atoms with Gasteiger partial charge in [-0.2, -0.15) is 0 Å². The van der Waals surface area contributed by atoms with E-state index in [0.717, 1.165) is 6.20 Å². The molecule has 2 aromatic carbocycles. The molecule has 1 N–H and O–H groups in total. The molecule has 0 aliphatic carbocycles. The lowest BCUT2D eigenvalue weighted by molar-refractivity contribution is 0.0985. The van der Waals surface area contributed by atoms with Gasteiger partial charge in [-0.3, -0.25) is 4.90 Å². The summed E-state index contributed by atoms with van der Waals surface area (Å²) in [7, 11) is 1.53. The number of hydrogen-bond donors (Lipinski definition) is 1. The second-order valence-electron chi connectivity index (χ2n) is 8.33. The van der Waals surface area contributed by atoms with E-state index in [2.05, 4.69) is 4.98 Å². The molecule has 1 aliphatic heterocycles. The molecule has 0 amide bonds. The smallest absolute Gasteiger partial charge is 0.200 e. The van der Waals surface area contributed by atoms with E-state index in [-0.39, 0.29) is 12.0 Å². The summed E-state index contributed by atoms with van der Waals surface area (Å²) < 4.78 is 145. The highest BCUT2D eigenvalue weighted by molar-refractivity contribution is 6.29. The Morgan fingerprint density at radius 2 is 1.19 bits per heavy atom. The number of hydrogen-bond acceptors (Lipinski definition) is 3. The lowest BCUT2D eigenvalue weighted by Crippen LogP contribution is -2.38. The molecule has 0 unspecified atom stereocenters. The van der Waals surface area contributed by atoms with Crippen LogP contribution in [0.3, 0.4) is 0 Å². The van der Waals surface area contributed by atoms with E-state index in [1.807, 2.05) is 0 Å². The van der Waals surface area contributed by atoms with E-state index < -0.39 is 91.7 Å². The SMILES string of the molecule is CN1CCC[C@H]1c1cnc(Cl)cc1C(O)(c1c(F)c(F)c(F)c(F)c1F)c1c(F)c(F)c(F)c(F)c1F. The molecule has 0 saturated carbocycles. The summed E-state index contributed by atoms with van der Waals surface area (Å²) in [5, 5.41) is 11.1. The quantitative estimate of drug-likeness (QED) is 0.180. The van der Waals surface area contributed by atoms with Crippen molar-refractivity contribution in [2.24, 2.45) is 0 Å². The molecule has 0 bridgehead atoms. The van der Waals surface area contributed by atoms with Gasteiger partial charge in [-0.05, 0) is 38.1 Å². The van der Waals surface area contributed by atoms with Crippen molar-refractivity contribution in [2.45, 2.75) is 24.5 Å². The first kappa shape index (κ1) is 27.1. The Labute approximate surface area is 206 Å². The fraction of sp³-hybridized carbons (Fsp3) is 0.261. The van der Waals surface area contributed by atoms with Crippen molar-refractivity contribution in [3.63, 3.8) is 0 Å². The molecular formula is C23H13ClF10N2O. The van der Waals surface area contributed by atoms with Crippen LogP contribution in [0.25, 0.3) is 0 Å². The van der Waals surface area contributed by atoms with Gasteiger partial charge < -0.3 is 5.11 Å². The van der Waals surface area contributed by atoms with Gasteiger partial charge in [-0.15, -0.1) is 0 Å². The molecule has 14 heteroatoms. The van der Waals surface area contributed by atoms with E-state index in [1.54, 1.807) is 4.90 Å². The van der Waals surface area contributed by atoms with Crippen LogP contribution < -0.4 is 0 Å². The molecule has 4 rings (SSSR count). The highest BCUT2D eigenvalue weighted by atomic mass is 35.5. The van der Waals surface area contributed by atoms with Crippen molar-refractivity contribution in [1.29, 1.82) is 0 Å². The maximum atomic E-state index is 15.1. The molecule has 1 saturated heterocycles. The Morgan fingerprint density at radius 1 is 0.784 bits per heavy atom. The van der Waals surface area contributed by atoms with Crippen LogP contribution in [0.2, 0.25) is 5.15 Å². The van der Waals surface area contributed by atoms with Crippen LogP contribution in [0, 0.1) is 58.2 Å². The zero-order chi connectivity index (χ0) is 27.6. The van der Waals surface area contributed by atoms with Gasteiger partial charge in [0.25, 0.3) is 0 Å². The molecule has 2 heterocycles. The van der Waals surface area contributed by atoms with Crippen molar-refractivity contribution < 1.29 is 49.0 Å². The second-order valence-corrected chi connectivity index (χ2v) is 8.72. The number of aromatic nitrogens is 1. The summed E-state index contributed by atoms with van der Waals surface area (Å²) in [4.78, 5) is 5.33. The van der Waals surface area contributed by atoms with Crippen LogP contribution in [-0.4, -0.2) is 28.6 Å². The van der Waals surface area contributed by atoms with E-state index in [0.29, 0.717) is 19.0 Å². The molecule has 0 radical (unpaired) electrons. The van der Waals surface area contributed by atoms with Crippen LogP contribution >= 0.6 is 11.6 Å². The molecule has 3 nitrogen and oxygen atoms in total. The fourth-order valence-corrected chi connectivity index (χ4v) is 4.72. The number of halogens is 11. The Bertz CT molecular complexity index is 1310. The lowest BCUT2D eigenvalue weighted by Gasteiger charge is -2.35. The van der Waals surface area contributed by atoms with Gasteiger partial charge in [0.05, 0.1) is 11.1 Å². The third-order valence-electron chi connectivity index (χ3n) is 6.31. The fourth-order valence-electron chi connectivity index (χ4n) is 4.56. The normalized spacial score (nSPS) is 16.6. The average Bonchev–Trinajstić information content (AvgIpc) is 3.29. The third-order valence-corrected chi connectivity index (χ3v) is 6.52. The summed E-state index contributed by atoms with van der Waals surface area (Å²) in [6.45, 7) is 0.399. The molecule has 1 aromatic heterocycles. The summed E-state index contributed by atoms with van der Waals surface area (Å²) in [6.07, 6.45) is 1.64. The van der Waals surface area contributed by atoms with Gasteiger partial charge in [0.2, 0.25) is 11.6 Å². The molecule has 1 aliphatic rings. The van der Waals surface area contributed by atoms with Gasteiger partial charge in [-0.25, -0.2) is 48.9 Å². The van der Waals surface area contributed by atoms with Crippen LogP contribution in [0.15, 0.2) is 12.3 Å². The Morgan fingerprint density at radius 3 is 1.57 bits per heavy atom. The average molecular weight is 559 g/mol. The maximum Gasteiger partial charge on any atom is 0.200 e. The zero-order valence-corrected chi connectivity index (χ0v) is 19.1. The van der Waals surface area contributed by atoms with Crippen molar-refractivity contribution in [1.82, 2.24) is 9.88 Å². The van der Waals surface area contributed by atoms with Crippen molar-refractivity contribution in [2.75, 3.05) is 13.6 Å². The highest BCUT2D eigenvalue weighted by Crippen LogP contribution is 2.48. The zero-order valence-electron chi connectivity index (χ0n) is 18.4. The molecule has 0 spiro atoms. The first-order valence-corrected chi connectivity index (χ1v) is 10.7. The molecule has 1 fully saturated rings. The Hall–Kier alpha value is -2.90. The molecular weight excluding hydrogens is 546 g/mol. The minimum absolute atomic E-state index is 0.247. The van der Waals surface area contributed by atoms with Crippen LogP contribution in [-0.2, 0) is 5.60 Å². The van der Waals surface area contributed by atoms with Crippen molar-refractivity contribution in [3.05, 3.63) is 97.8 Å². The first-order valence-electron chi connectivity index (χ1n) is 10.4. The molecule has 198 valence electrons. The Kier molecular flexibility index (Phi) is 6.93. The first-order chi connectivity index (χ1) is 17.2. The van der Waals surface area contributed by atoms with Crippen molar-refractivity contribution >= 4 is 11.6 Å². The van der Waals surface area contributed by atoms with Crippen LogP contribution in [0.1, 0.15) is 41.1 Å². The van der Waals surface area contributed by atoms with Crippen LogP contribution in [0.5, 0.6) is 0 Å². The van der Waals surface area contributed by atoms with Gasteiger partial charge >= 0.3 is 0 Å². The monoisotopic (exact) mass is 558 g/mol. The van der Waals surface area contributed by atoms with Gasteiger partial charge in [0.1, 0.15) is 5.15 Å². The number of likely N-dealkylation sites (tertiary alicyclic amines) is 1. The van der Waals surface area contributed by atoms with Gasteiger partial charge in [0, 0.05) is 17.8 Å². The third kappa shape index (κ3) is 3.94. The molecule has 3 aromatic rings. The molecule has 37 heavy (non-hydrogen) atoms. The lowest BCUT2D eigenvalue weighted by atomic mass is 9.76. The predicted molar refractivity (Wildman–Crippen MR) is 108 cm³/mol. The Balaban J connectivity index is 2.27. The number of rotatable bonds is 4. The molecule has 1 atom stereocenters. The largest absolute Gasteiger partial charge is 0.376 e. The van der Waals surface area contributed by atoms with E-state index >= 15 is 17.6 Å². The predicted octanol–water partition coefficient (Wildman–Crippen LogP) is 6.18. The number of benzene rings is 2. The van der Waals surface area contributed by atoms with Crippen LogP contribution in [0.4, 0.5) is 43.9 Å². The summed E-state index contributed by atoms with van der Waals surface area (Å²) >= 11 is 5.85. The minimum atomic E-state index is -4.18. The topological polar surface area (TPSA) is 36.4 Å². The van der Waals surface area contributed by atoms with E-state index in [9.17, 15) is 31.4 Å². The van der Waals surface area contributed by atoms with E-state index in [4.69, 9.17) is 11.6 Å². The highest BCUT2D eigenvalue weighted by Gasteiger charge is 2.50. The van der Waals surface area contributed by atoms with Gasteiger partial charge in [-0.1, -0.05) is 11.6 Å². The number of nitrogens with zero attached hydrogens (tertiary/aromatic N) is 2. The summed E-state index contributed by atoms with van der Waals surface area (Å²) in [6, 6.07) is -0.243. The van der Waals surface area contributed by atoms with Crippen molar-refractivity contribution in [3.8, 4) is 0 Å². The number of aliphatic hydroxyl groups is 1. The second kappa shape index (κ2) is 9.44. The standard InChI is InChI=1S/C23H13ClF10N2O/c1-36-4-2-3-9(36)7-6-35-10(24)5-8(7)23(37,11-13(25)17(29)21(33)18(30)14(11)26)12-15(27)19(31)22(34)20(32)16(12)28/h5-6,9,37H,2-4H2,1H3/t9-/m0/s1. The van der Waals surface area contributed by atoms with E-state index in [1.165, 1.54) is 7.05 Å². The minimum Gasteiger partial charge on any atom is -0.376 e. The number of pyridine rings is 1. The maximum absolute atomic E-state index is 15.1.